The van der Waals surface area contributed by atoms with Gasteiger partial charge in [0.15, 0.2) is 18.1 Å². The Bertz CT molecular complexity index is 1230. The Hall–Kier alpha value is -3.95. The Morgan fingerprint density at radius 3 is 2.73 bits per heavy atom. The summed E-state index contributed by atoms with van der Waals surface area (Å²) in [7, 11) is 1.50. The number of nitrogens with zero attached hydrogens (tertiary/aromatic N) is 4. The van der Waals surface area contributed by atoms with Crippen LogP contribution >= 0.6 is 0 Å². The lowest BCUT2D eigenvalue weighted by atomic mass is 10.1. The zero-order valence-electron chi connectivity index (χ0n) is 16.4. The Balaban J connectivity index is 1.70. The third kappa shape index (κ3) is 3.66. The number of fused-ring (bicyclic) bond motifs is 1. The number of aromatic hydroxyl groups is 1. The zero-order valence-corrected chi connectivity index (χ0v) is 16.4. The molecule has 2 aromatic carbocycles. The fourth-order valence-corrected chi connectivity index (χ4v) is 2.92. The van der Waals surface area contributed by atoms with Crippen LogP contribution in [0.2, 0.25) is 0 Å². The van der Waals surface area contributed by atoms with Gasteiger partial charge < -0.3 is 24.4 Å². The van der Waals surface area contributed by atoms with E-state index in [0.717, 1.165) is 0 Å². The summed E-state index contributed by atoms with van der Waals surface area (Å²) in [6.07, 6.45) is 1.35. The number of methoxy groups -OCH3 is 1. The van der Waals surface area contributed by atoms with E-state index in [1.807, 2.05) is 0 Å². The summed E-state index contributed by atoms with van der Waals surface area (Å²) in [5.74, 6) is 1.50. The predicted octanol–water partition coefficient (Wildman–Crippen LogP) is 3.81. The van der Waals surface area contributed by atoms with Crippen molar-refractivity contribution in [2.75, 3.05) is 12.4 Å². The van der Waals surface area contributed by atoms with Gasteiger partial charge in [-0.05, 0) is 25.1 Å². The maximum atomic E-state index is 14.3. The van der Waals surface area contributed by atoms with Crippen LogP contribution in [-0.2, 0) is 6.61 Å². The highest BCUT2D eigenvalue weighted by molar-refractivity contribution is 5.93. The molecule has 0 aliphatic carbocycles. The van der Waals surface area contributed by atoms with Crippen LogP contribution in [0.3, 0.4) is 0 Å². The number of phenolic OH excluding ortho intramolecular Hbond substituents is 1. The highest BCUT2D eigenvalue weighted by Crippen LogP contribution is 2.36. The van der Waals surface area contributed by atoms with Crippen molar-refractivity contribution in [1.82, 2.24) is 20.1 Å². The quantitative estimate of drug-likeness (QED) is 0.489. The van der Waals surface area contributed by atoms with Crippen LogP contribution in [0.1, 0.15) is 17.3 Å². The Labute approximate surface area is 170 Å². The smallest absolute Gasteiger partial charge is 0.223 e. The molecule has 10 heteroatoms. The van der Waals surface area contributed by atoms with Gasteiger partial charge in [0.1, 0.15) is 23.7 Å². The van der Waals surface area contributed by atoms with Gasteiger partial charge in [-0.3, -0.25) is 0 Å². The molecule has 0 aliphatic heterocycles. The van der Waals surface area contributed by atoms with E-state index in [1.54, 1.807) is 26.0 Å². The summed E-state index contributed by atoms with van der Waals surface area (Å²) in [6.45, 7) is 3.38. The van der Waals surface area contributed by atoms with E-state index in [2.05, 4.69) is 25.4 Å². The second-order valence-corrected chi connectivity index (χ2v) is 6.45. The van der Waals surface area contributed by atoms with Gasteiger partial charge in [-0.2, -0.15) is 4.98 Å². The number of aromatic nitrogens is 4. The number of nitrogens with one attached hydrogen (secondary N) is 1. The first-order valence-electron chi connectivity index (χ1n) is 8.96. The van der Waals surface area contributed by atoms with Gasteiger partial charge in [0.2, 0.25) is 11.7 Å². The van der Waals surface area contributed by atoms with Gasteiger partial charge in [0.05, 0.1) is 18.3 Å². The van der Waals surface area contributed by atoms with Crippen molar-refractivity contribution in [3.63, 3.8) is 0 Å². The van der Waals surface area contributed by atoms with Crippen LogP contribution in [0.15, 0.2) is 35.1 Å². The van der Waals surface area contributed by atoms with Crippen LogP contribution in [0.5, 0.6) is 17.2 Å². The molecule has 4 aromatic rings. The SMILES string of the molecule is COc1cc2c(Nc3c(F)ccc(O)c3C)ncnc2cc1OCc1noc(C)n1. The molecule has 0 unspecified atom stereocenters. The molecule has 0 amide bonds. The highest BCUT2D eigenvalue weighted by Gasteiger charge is 2.16. The molecule has 2 N–H and O–H groups in total. The van der Waals surface area contributed by atoms with Crippen LogP contribution in [-0.4, -0.2) is 32.3 Å². The van der Waals surface area contributed by atoms with E-state index >= 15 is 0 Å². The van der Waals surface area contributed by atoms with Gasteiger partial charge in [-0.1, -0.05) is 5.16 Å². The molecule has 9 nitrogen and oxygen atoms in total. The number of anilines is 2. The molecule has 0 aliphatic rings. The lowest BCUT2D eigenvalue weighted by Gasteiger charge is -2.15. The number of phenols is 1. The molecule has 154 valence electrons. The van der Waals surface area contributed by atoms with E-state index in [0.29, 0.717) is 45.5 Å². The van der Waals surface area contributed by atoms with E-state index in [-0.39, 0.29) is 18.0 Å². The van der Waals surface area contributed by atoms with Crippen molar-refractivity contribution in [3.05, 3.63) is 53.7 Å². The average Bonchev–Trinajstić information content (AvgIpc) is 3.17. The summed E-state index contributed by atoms with van der Waals surface area (Å²) in [6, 6.07) is 5.84. The minimum absolute atomic E-state index is 0.0257. The minimum Gasteiger partial charge on any atom is -0.508 e. The molecular formula is C20H18FN5O4. The predicted molar refractivity (Wildman–Crippen MR) is 106 cm³/mol. The summed E-state index contributed by atoms with van der Waals surface area (Å²) >= 11 is 0. The van der Waals surface area contributed by atoms with Gasteiger partial charge in [-0.25, -0.2) is 14.4 Å². The van der Waals surface area contributed by atoms with Gasteiger partial charge in [0.25, 0.3) is 0 Å². The molecular weight excluding hydrogens is 393 g/mol. The second-order valence-electron chi connectivity index (χ2n) is 6.45. The molecule has 0 radical (unpaired) electrons. The average molecular weight is 411 g/mol. The van der Waals surface area contributed by atoms with E-state index in [4.69, 9.17) is 14.0 Å². The molecule has 0 bridgehead atoms. The maximum Gasteiger partial charge on any atom is 0.223 e. The first-order chi connectivity index (χ1) is 14.5. The van der Waals surface area contributed by atoms with Crippen LogP contribution < -0.4 is 14.8 Å². The van der Waals surface area contributed by atoms with Crippen molar-refractivity contribution >= 4 is 22.4 Å². The highest BCUT2D eigenvalue weighted by atomic mass is 19.1. The van der Waals surface area contributed by atoms with Gasteiger partial charge in [-0.15, -0.1) is 0 Å². The Kier molecular flexibility index (Phi) is 5.05. The third-order valence-corrected chi connectivity index (χ3v) is 4.48. The van der Waals surface area contributed by atoms with Crippen molar-refractivity contribution < 1.29 is 23.5 Å². The van der Waals surface area contributed by atoms with Gasteiger partial charge in [0, 0.05) is 23.9 Å². The molecule has 0 saturated heterocycles. The molecule has 4 rings (SSSR count). The largest absolute Gasteiger partial charge is 0.508 e. The summed E-state index contributed by atoms with van der Waals surface area (Å²) in [5, 5.41) is 17.2. The Morgan fingerprint density at radius 1 is 1.17 bits per heavy atom. The minimum atomic E-state index is -0.514. The first-order valence-corrected chi connectivity index (χ1v) is 8.96. The zero-order chi connectivity index (χ0) is 21.3. The van der Waals surface area contributed by atoms with Crippen LogP contribution in [0.4, 0.5) is 15.9 Å². The number of aryl methyl sites for hydroxylation is 1. The monoisotopic (exact) mass is 411 g/mol. The Morgan fingerprint density at radius 2 is 2.00 bits per heavy atom. The van der Waals surface area contributed by atoms with Crippen LogP contribution in [0.25, 0.3) is 10.9 Å². The number of hydrogen-bond acceptors (Lipinski definition) is 9. The number of rotatable bonds is 6. The lowest BCUT2D eigenvalue weighted by molar-refractivity contribution is 0.270. The molecule has 2 heterocycles. The lowest BCUT2D eigenvalue weighted by Crippen LogP contribution is -2.02. The van der Waals surface area contributed by atoms with Gasteiger partial charge >= 0.3 is 0 Å². The number of ether oxygens (including phenoxy) is 2. The van der Waals surface area contributed by atoms with E-state index < -0.39 is 5.82 Å². The normalized spacial score (nSPS) is 10.9. The molecule has 30 heavy (non-hydrogen) atoms. The number of halogens is 1. The molecule has 0 atom stereocenters. The van der Waals surface area contributed by atoms with Crippen molar-refractivity contribution in [1.29, 1.82) is 0 Å². The number of hydrogen-bond donors (Lipinski definition) is 2. The molecule has 0 spiro atoms. The van der Waals surface area contributed by atoms with Crippen LogP contribution in [0, 0.1) is 19.7 Å². The summed E-state index contributed by atoms with van der Waals surface area (Å²) in [4.78, 5) is 12.6. The van der Waals surface area contributed by atoms with E-state index in [1.165, 1.54) is 25.6 Å². The first kappa shape index (κ1) is 19.4. The van der Waals surface area contributed by atoms with E-state index in [9.17, 15) is 9.50 Å². The third-order valence-electron chi connectivity index (χ3n) is 4.48. The van der Waals surface area contributed by atoms with Crippen molar-refractivity contribution in [2.24, 2.45) is 0 Å². The van der Waals surface area contributed by atoms with Crippen molar-refractivity contribution in [3.8, 4) is 17.2 Å². The fourth-order valence-electron chi connectivity index (χ4n) is 2.92. The maximum absolute atomic E-state index is 14.3. The fraction of sp³-hybridized carbons (Fsp3) is 0.200. The van der Waals surface area contributed by atoms with Crippen molar-refractivity contribution in [2.45, 2.75) is 20.5 Å². The molecule has 0 saturated carbocycles. The topological polar surface area (TPSA) is 115 Å². The number of benzene rings is 2. The standard InChI is InChI=1S/C20H18FN5O4/c1-10-15(27)5-4-13(21)19(10)25-20-12-6-16(28-3)17(7-14(12)22-9-23-20)29-8-18-24-11(2)30-26-18/h4-7,9,27H,8H2,1-3H3,(H,22,23,25). The second kappa shape index (κ2) is 7.82. The molecule has 0 fully saturated rings. The summed E-state index contributed by atoms with van der Waals surface area (Å²) < 4.78 is 30.4. The molecule has 2 aromatic heterocycles. The summed E-state index contributed by atoms with van der Waals surface area (Å²) in [5.41, 5.74) is 1.04.